The van der Waals surface area contributed by atoms with Crippen LogP contribution in [0.15, 0.2) is 24.7 Å². The zero-order valence-corrected chi connectivity index (χ0v) is 15.2. The molecule has 0 aliphatic carbocycles. The van der Waals surface area contributed by atoms with Crippen molar-refractivity contribution in [3.05, 3.63) is 41.6 Å². The van der Waals surface area contributed by atoms with E-state index >= 15 is 0 Å². The largest absolute Gasteiger partial charge is 0.451 e. The fourth-order valence-corrected chi connectivity index (χ4v) is 2.92. The number of carbonyl (C=O) groups excluding carboxylic acids is 1. The van der Waals surface area contributed by atoms with Gasteiger partial charge >= 0.3 is 6.18 Å². The summed E-state index contributed by atoms with van der Waals surface area (Å²) in [5, 5.41) is 14.7. The van der Waals surface area contributed by atoms with E-state index in [2.05, 4.69) is 25.6 Å². The first-order valence-electron chi connectivity index (χ1n) is 8.65. The standard InChI is InChI=1S/C18H16F4N6O/c1-9-13(19)3-15(28-9)16(29)25-5-10-2-14(24-6-11(10)4-23)12-7-26-17(27-8-12)18(20,21)22/h2,6-9,13,15,28H,3,5H2,1H3,(H,25,29)/t9-,13+,15-/m0/s1. The van der Waals surface area contributed by atoms with Gasteiger partial charge in [-0.2, -0.15) is 18.4 Å². The molecular formula is C18H16F4N6O. The lowest BCUT2D eigenvalue weighted by molar-refractivity contribution is -0.145. The molecule has 0 aromatic carbocycles. The summed E-state index contributed by atoms with van der Waals surface area (Å²) in [7, 11) is 0. The molecule has 1 fully saturated rings. The number of nitrogens with one attached hydrogen (secondary N) is 2. The van der Waals surface area contributed by atoms with Gasteiger partial charge in [0, 0.05) is 43.2 Å². The lowest BCUT2D eigenvalue weighted by Gasteiger charge is -2.13. The third-order valence-corrected chi connectivity index (χ3v) is 4.55. The highest BCUT2D eigenvalue weighted by molar-refractivity contribution is 5.82. The second-order valence-corrected chi connectivity index (χ2v) is 6.61. The van der Waals surface area contributed by atoms with Crippen molar-refractivity contribution >= 4 is 5.91 Å². The van der Waals surface area contributed by atoms with Crippen LogP contribution < -0.4 is 10.6 Å². The van der Waals surface area contributed by atoms with Crippen LogP contribution in [0.25, 0.3) is 11.3 Å². The molecule has 2 aromatic rings. The average molecular weight is 408 g/mol. The lowest BCUT2D eigenvalue weighted by Crippen LogP contribution is -2.42. The third-order valence-electron chi connectivity index (χ3n) is 4.55. The van der Waals surface area contributed by atoms with Crippen molar-refractivity contribution in [3.63, 3.8) is 0 Å². The zero-order valence-electron chi connectivity index (χ0n) is 15.2. The van der Waals surface area contributed by atoms with Crippen LogP contribution >= 0.6 is 0 Å². The molecule has 11 heteroatoms. The molecule has 1 amide bonds. The van der Waals surface area contributed by atoms with E-state index in [0.717, 1.165) is 12.4 Å². The van der Waals surface area contributed by atoms with Gasteiger partial charge in [-0.3, -0.25) is 9.78 Å². The monoisotopic (exact) mass is 408 g/mol. The van der Waals surface area contributed by atoms with E-state index in [0.29, 0.717) is 5.56 Å². The summed E-state index contributed by atoms with van der Waals surface area (Å²) in [6.07, 6.45) is -2.50. The normalized spacial score (nSPS) is 21.6. The van der Waals surface area contributed by atoms with Gasteiger partial charge in [-0.25, -0.2) is 14.4 Å². The van der Waals surface area contributed by atoms with Gasteiger partial charge in [-0.05, 0) is 18.6 Å². The Morgan fingerprint density at radius 2 is 2.00 bits per heavy atom. The maximum absolute atomic E-state index is 13.6. The molecule has 1 aliphatic rings. The maximum Gasteiger partial charge on any atom is 0.451 e. The van der Waals surface area contributed by atoms with Crippen LogP contribution in [0.4, 0.5) is 17.6 Å². The molecule has 3 heterocycles. The molecule has 0 unspecified atom stereocenters. The topological polar surface area (TPSA) is 104 Å². The van der Waals surface area contributed by atoms with Gasteiger partial charge in [-0.1, -0.05) is 0 Å². The first-order chi connectivity index (χ1) is 13.7. The van der Waals surface area contributed by atoms with Crippen molar-refractivity contribution in [1.82, 2.24) is 25.6 Å². The minimum Gasteiger partial charge on any atom is -0.351 e. The van der Waals surface area contributed by atoms with Crippen molar-refractivity contribution in [2.45, 2.75) is 44.3 Å². The number of pyridine rings is 1. The molecule has 0 saturated carbocycles. The van der Waals surface area contributed by atoms with Gasteiger partial charge in [-0.15, -0.1) is 0 Å². The average Bonchev–Trinajstić information content (AvgIpc) is 3.04. The molecule has 3 rings (SSSR count). The van der Waals surface area contributed by atoms with E-state index in [4.69, 9.17) is 0 Å². The van der Waals surface area contributed by atoms with Crippen LogP contribution in [0, 0.1) is 11.3 Å². The fraction of sp³-hybridized carbons (Fsp3) is 0.389. The number of hydrogen-bond donors (Lipinski definition) is 2. The number of nitrogens with zero attached hydrogens (tertiary/aromatic N) is 4. The molecule has 0 bridgehead atoms. The van der Waals surface area contributed by atoms with Crippen molar-refractivity contribution in [2.75, 3.05) is 0 Å². The quantitative estimate of drug-likeness (QED) is 0.752. The van der Waals surface area contributed by atoms with Crippen LogP contribution in [0.3, 0.4) is 0 Å². The molecule has 0 spiro atoms. The van der Waals surface area contributed by atoms with Crippen molar-refractivity contribution in [2.24, 2.45) is 0 Å². The van der Waals surface area contributed by atoms with E-state index in [1.165, 1.54) is 12.3 Å². The zero-order chi connectivity index (χ0) is 21.2. The molecule has 1 aliphatic heterocycles. The molecule has 2 N–H and O–H groups in total. The number of alkyl halides is 4. The van der Waals surface area contributed by atoms with Gasteiger partial charge < -0.3 is 10.6 Å². The highest BCUT2D eigenvalue weighted by atomic mass is 19.4. The van der Waals surface area contributed by atoms with Gasteiger partial charge in [0.1, 0.15) is 12.2 Å². The van der Waals surface area contributed by atoms with Gasteiger partial charge in [0.2, 0.25) is 11.7 Å². The number of rotatable bonds is 4. The molecule has 152 valence electrons. The molecule has 2 aromatic heterocycles. The second-order valence-electron chi connectivity index (χ2n) is 6.61. The van der Waals surface area contributed by atoms with Gasteiger partial charge in [0.05, 0.1) is 17.3 Å². The summed E-state index contributed by atoms with van der Waals surface area (Å²) in [4.78, 5) is 22.8. The highest BCUT2D eigenvalue weighted by Gasteiger charge is 2.35. The molecule has 3 atom stereocenters. The van der Waals surface area contributed by atoms with E-state index in [-0.39, 0.29) is 29.8 Å². The number of amides is 1. The van der Waals surface area contributed by atoms with E-state index in [9.17, 15) is 27.6 Å². The SMILES string of the molecule is C[C@@H]1N[C@H](C(=O)NCc2cc(-c3cnc(C(F)(F)F)nc3)ncc2C#N)C[C@H]1F. The lowest BCUT2D eigenvalue weighted by atomic mass is 10.1. The number of carbonyl (C=O) groups is 1. The van der Waals surface area contributed by atoms with Gasteiger partial charge in [0.15, 0.2) is 0 Å². The van der Waals surface area contributed by atoms with Crippen molar-refractivity contribution in [1.29, 1.82) is 5.26 Å². The number of hydrogen-bond acceptors (Lipinski definition) is 6. The van der Waals surface area contributed by atoms with Crippen LogP contribution in [-0.2, 0) is 17.5 Å². The summed E-state index contributed by atoms with van der Waals surface area (Å²) < 4.78 is 51.4. The van der Waals surface area contributed by atoms with E-state index in [1.807, 2.05) is 6.07 Å². The fourth-order valence-electron chi connectivity index (χ4n) is 2.92. The second kappa shape index (κ2) is 8.08. The van der Waals surface area contributed by atoms with Crippen LogP contribution in [-0.4, -0.2) is 39.1 Å². The minimum absolute atomic E-state index is 0.0255. The Labute approximate surface area is 163 Å². The molecular weight excluding hydrogens is 392 g/mol. The minimum atomic E-state index is -4.66. The maximum atomic E-state index is 13.6. The van der Waals surface area contributed by atoms with E-state index < -0.39 is 36.2 Å². The Hall–Kier alpha value is -3.13. The Morgan fingerprint density at radius 1 is 1.31 bits per heavy atom. The third kappa shape index (κ3) is 4.65. The summed E-state index contributed by atoms with van der Waals surface area (Å²) in [5.41, 5.74) is 1.08. The van der Waals surface area contributed by atoms with Crippen molar-refractivity contribution in [3.8, 4) is 17.3 Å². The Kier molecular flexibility index (Phi) is 5.74. The first kappa shape index (κ1) is 20.6. The van der Waals surface area contributed by atoms with Crippen LogP contribution in [0.2, 0.25) is 0 Å². The summed E-state index contributed by atoms with van der Waals surface area (Å²) in [6, 6.07) is 2.31. The number of aromatic nitrogens is 3. The first-order valence-corrected chi connectivity index (χ1v) is 8.65. The number of halogens is 4. The molecule has 0 radical (unpaired) electrons. The predicted octanol–water partition coefficient (Wildman–Crippen LogP) is 2.13. The highest BCUT2D eigenvalue weighted by Crippen LogP contribution is 2.27. The Morgan fingerprint density at radius 3 is 2.55 bits per heavy atom. The van der Waals surface area contributed by atoms with E-state index in [1.54, 1.807) is 6.92 Å². The summed E-state index contributed by atoms with van der Waals surface area (Å²) in [5.74, 6) is -1.68. The molecule has 1 saturated heterocycles. The summed E-state index contributed by atoms with van der Waals surface area (Å²) in [6.45, 7) is 1.62. The Bertz CT molecular complexity index is 931. The predicted molar refractivity (Wildman–Crippen MR) is 92.7 cm³/mol. The van der Waals surface area contributed by atoms with Crippen LogP contribution in [0.1, 0.15) is 30.3 Å². The smallest absolute Gasteiger partial charge is 0.351 e. The number of nitriles is 1. The van der Waals surface area contributed by atoms with Gasteiger partial charge in [0.25, 0.3) is 0 Å². The van der Waals surface area contributed by atoms with Crippen molar-refractivity contribution < 1.29 is 22.4 Å². The summed E-state index contributed by atoms with van der Waals surface area (Å²) >= 11 is 0. The molecule has 29 heavy (non-hydrogen) atoms. The molecule has 7 nitrogen and oxygen atoms in total. The Balaban J connectivity index is 1.76. The van der Waals surface area contributed by atoms with Crippen LogP contribution in [0.5, 0.6) is 0 Å².